The summed E-state index contributed by atoms with van der Waals surface area (Å²) in [5, 5.41) is 11.8. The van der Waals surface area contributed by atoms with Crippen LogP contribution in [0.1, 0.15) is 0 Å². The molecule has 0 N–H and O–H groups in total. The predicted molar refractivity (Wildman–Crippen MR) is 386 cm³/mol. The molecule has 0 amide bonds. The third-order valence-corrected chi connectivity index (χ3v) is 18.3. The number of rotatable bonds is 12. The first-order valence-corrected chi connectivity index (χ1v) is 31.2. The molecular formula is C88H58N2O. The van der Waals surface area contributed by atoms with Gasteiger partial charge in [-0.1, -0.05) is 273 Å². The molecule has 0 aliphatic rings. The number of hydrogen-bond acceptors (Lipinski definition) is 3. The van der Waals surface area contributed by atoms with Gasteiger partial charge in [0.25, 0.3) is 0 Å². The van der Waals surface area contributed by atoms with Crippen LogP contribution >= 0.6 is 0 Å². The predicted octanol–water partition coefficient (Wildman–Crippen LogP) is 25.1. The Morgan fingerprint density at radius 3 is 1.41 bits per heavy atom. The van der Waals surface area contributed by atoms with Crippen molar-refractivity contribution in [1.82, 2.24) is 0 Å². The number of nitrogens with zero attached hydrogens (tertiary/aromatic N) is 2. The second kappa shape index (κ2) is 22.6. The Labute approximate surface area is 528 Å². The molecule has 1 aromatic heterocycles. The maximum atomic E-state index is 6.33. The summed E-state index contributed by atoms with van der Waals surface area (Å²) in [7, 11) is 0. The van der Waals surface area contributed by atoms with Gasteiger partial charge in [-0.3, -0.25) is 0 Å². The fourth-order valence-electron chi connectivity index (χ4n) is 13.8. The van der Waals surface area contributed by atoms with Gasteiger partial charge in [0.1, 0.15) is 11.2 Å². The summed E-state index contributed by atoms with van der Waals surface area (Å²) in [6.07, 6.45) is 0. The molecule has 0 fully saturated rings. The number of anilines is 6. The first-order valence-electron chi connectivity index (χ1n) is 31.2. The second-order valence-corrected chi connectivity index (χ2v) is 23.5. The Hall–Kier alpha value is -12.0. The highest BCUT2D eigenvalue weighted by Gasteiger charge is 2.25. The normalized spacial score (nSPS) is 11.5. The Morgan fingerprint density at radius 2 is 0.637 bits per heavy atom. The summed E-state index contributed by atoms with van der Waals surface area (Å²) in [5.41, 5.74) is 22.1. The van der Waals surface area contributed by atoms with Crippen LogP contribution in [0.5, 0.6) is 0 Å². The maximum absolute atomic E-state index is 6.33. The van der Waals surface area contributed by atoms with Crippen molar-refractivity contribution in [3.05, 3.63) is 352 Å². The van der Waals surface area contributed by atoms with Crippen molar-refractivity contribution in [2.24, 2.45) is 0 Å². The molecule has 91 heavy (non-hydrogen) atoms. The van der Waals surface area contributed by atoms with Crippen LogP contribution in [0.15, 0.2) is 356 Å². The molecule has 426 valence electrons. The lowest BCUT2D eigenvalue weighted by Gasteiger charge is -2.31. The molecule has 16 aromatic carbocycles. The minimum atomic E-state index is 0.899. The van der Waals surface area contributed by atoms with Gasteiger partial charge in [0.15, 0.2) is 0 Å². The summed E-state index contributed by atoms with van der Waals surface area (Å²) in [6, 6.07) is 128. The minimum absolute atomic E-state index is 0.899. The minimum Gasteiger partial charge on any atom is -0.456 e. The zero-order valence-electron chi connectivity index (χ0n) is 49.8. The van der Waals surface area contributed by atoms with Crippen molar-refractivity contribution in [2.75, 3.05) is 9.80 Å². The number of benzene rings is 16. The molecule has 3 heteroatoms. The van der Waals surface area contributed by atoms with Crippen molar-refractivity contribution >= 4 is 99.2 Å². The molecular weight excluding hydrogens is 1100 g/mol. The summed E-state index contributed by atoms with van der Waals surface area (Å²) in [6.45, 7) is 0. The van der Waals surface area contributed by atoms with E-state index in [1.54, 1.807) is 0 Å². The molecule has 0 aliphatic carbocycles. The van der Waals surface area contributed by atoms with Crippen molar-refractivity contribution < 1.29 is 4.42 Å². The van der Waals surface area contributed by atoms with Crippen LogP contribution < -0.4 is 9.80 Å². The van der Waals surface area contributed by atoms with Crippen LogP contribution in [-0.2, 0) is 0 Å². The lowest BCUT2D eigenvalue weighted by molar-refractivity contribution is 0.669. The van der Waals surface area contributed by atoms with E-state index in [4.69, 9.17) is 4.42 Å². The molecule has 0 aliphatic heterocycles. The maximum Gasteiger partial charge on any atom is 0.136 e. The van der Waals surface area contributed by atoms with Gasteiger partial charge in [-0.15, -0.1) is 0 Å². The van der Waals surface area contributed by atoms with E-state index in [9.17, 15) is 0 Å². The second-order valence-electron chi connectivity index (χ2n) is 23.5. The Kier molecular flexibility index (Phi) is 13.2. The molecule has 0 radical (unpaired) electrons. The SMILES string of the molecule is c1ccc(-c2ccc(-c3ccccc3N(c3ccccc3-c3cccc(N(c4ccc(-c5cccc6ccccc56)cc4)c4ccc5c(ccc6cc(-c7ccc8c(c7)oc7ccccc78)ccc65)c4)c3)c3ccc(-c4ccccc4)c4ccccc34)cc2)cc1. The van der Waals surface area contributed by atoms with Gasteiger partial charge >= 0.3 is 0 Å². The third kappa shape index (κ3) is 9.64. The summed E-state index contributed by atoms with van der Waals surface area (Å²) < 4.78 is 6.33. The van der Waals surface area contributed by atoms with Crippen LogP contribution in [0.2, 0.25) is 0 Å². The van der Waals surface area contributed by atoms with Crippen LogP contribution in [0.3, 0.4) is 0 Å². The smallest absolute Gasteiger partial charge is 0.136 e. The van der Waals surface area contributed by atoms with E-state index in [2.05, 4.69) is 350 Å². The van der Waals surface area contributed by atoms with Crippen LogP contribution in [0.25, 0.3) is 132 Å². The fraction of sp³-hybridized carbons (Fsp3) is 0. The van der Waals surface area contributed by atoms with Crippen LogP contribution in [0, 0.1) is 0 Å². The largest absolute Gasteiger partial charge is 0.456 e. The highest BCUT2D eigenvalue weighted by atomic mass is 16.3. The quantitative estimate of drug-likeness (QED) is 0.114. The van der Waals surface area contributed by atoms with E-state index >= 15 is 0 Å². The number of fused-ring (bicyclic) bond motifs is 8. The van der Waals surface area contributed by atoms with Crippen LogP contribution in [0.4, 0.5) is 34.1 Å². The van der Waals surface area contributed by atoms with Gasteiger partial charge < -0.3 is 14.2 Å². The molecule has 0 atom stereocenters. The van der Waals surface area contributed by atoms with Gasteiger partial charge in [-0.05, 0) is 172 Å². The fourth-order valence-corrected chi connectivity index (χ4v) is 13.8. The van der Waals surface area contributed by atoms with Gasteiger partial charge in [0.2, 0.25) is 0 Å². The Morgan fingerprint density at radius 1 is 0.176 bits per heavy atom. The lowest BCUT2D eigenvalue weighted by atomic mass is 9.94. The van der Waals surface area contributed by atoms with E-state index in [1.807, 2.05) is 12.1 Å². The van der Waals surface area contributed by atoms with Crippen LogP contribution in [-0.4, -0.2) is 0 Å². The third-order valence-electron chi connectivity index (χ3n) is 18.3. The van der Waals surface area contributed by atoms with Crippen molar-refractivity contribution in [1.29, 1.82) is 0 Å². The molecule has 3 nitrogen and oxygen atoms in total. The van der Waals surface area contributed by atoms with Crippen molar-refractivity contribution in [2.45, 2.75) is 0 Å². The molecule has 0 spiro atoms. The van der Waals surface area contributed by atoms with Crippen molar-refractivity contribution in [3.8, 4) is 66.8 Å². The van der Waals surface area contributed by atoms with Gasteiger partial charge in [-0.2, -0.15) is 0 Å². The zero-order valence-corrected chi connectivity index (χ0v) is 49.8. The molecule has 0 bridgehead atoms. The van der Waals surface area contributed by atoms with Crippen molar-refractivity contribution in [3.63, 3.8) is 0 Å². The lowest BCUT2D eigenvalue weighted by Crippen LogP contribution is -2.13. The first kappa shape index (κ1) is 53.2. The Balaban J connectivity index is 0.807. The van der Waals surface area contributed by atoms with E-state index in [0.717, 1.165) is 100 Å². The number of para-hydroxylation sites is 3. The molecule has 0 unspecified atom stereocenters. The van der Waals surface area contributed by atoms with Gasteiger partial charge in [0, 0.05) is 44.3 Å². The standard InChI is InChI=1S/C88H58N2O/c1-3-19-59(20-4-1)60-37-39-64(40-38-60)78-28-11-14-34-84(78)90(86-54-53-75(61-21-5-2-6-22-61)80-30-9-10-31-81(80)86)85-35-15-12-29-79(85)67-25-17-26-71(56-67)89(70-47-43-63(44-48-70)74-33-18-24-62-23-7-8-27-73(62)74)72-49-52-77-69(57-72)42-41-68-55-65(45-50-76(68)77)66-46-51-83-82-32-13-16-36-87(82)91-88(83)58-66/h1-58H. The number of hydrogen-bond donors (Lipinski definition) is 0. The first-order chi connectivity index (χ1) is 45.1. The summed E-state index contributed by atoms with van der Waals surface area (Å²) in [5.74, 6) is 0. The van der Waals surface area contributed by atoms with E-state index in [0.29, 0.717) is 0 Å². The molecule has 17 rings (SSSR count). The monoisotopic (exact) mass is 1160 g/mol. The summed E-state index contributed by atoms with van der Waals surface area (Å²) in [4.78, 5) is 4.92. The Bertz CT molecular complexity index is 5590. The molecule has 0 saturated heterocycles. The topological polar surface area (TPSA) is 19.6 Å². The average Bonchev–Trinajstić information content (AvgIpc) is 1.20. The van der Waals surface area contributed by atoms with E-state index in [-0.39, 0.29) is 0 Å². The highest BCUT2D eigenvalue weighted by Crippen LogP contribution is 2.50. The highest BCUT2D eigenvalue weighted by molar-refractivity contribution is 6.12. The van der Waals surface area contributed by atoms with E-state index < -0.39 is 0 Å². The molecule has 0 saturated carbocycles. The summed E-state index contributed by atoms with van der Waals surface area (Å²) >= 11 is 0. The molecule has 1 heterocycles. The average molecular weight is 1160 g/mol. The molecule has 17 aromatic rings. The van der Waals surface area contributed by atoms with E-state index in [1.165, 1.54) is 65.7 Å². The van der Waals surface area contributed by atoms with Gasteiger partial charge in [-0.25, -0.2) is 0 Å². The zero-order chi connectivity index (χ0) is 60.2. The van der Waals surface area contributed by atoms with Gasteiger partial charge in [0.05, 0.1) is 17.1 Å². The number of furan rings is 1.